The number of rotatable bonds is 25. The Bertz CT molecular complexity index is 3320. The number of unbranched alkanes of at least 4 members (excludes halogenated alkanes) is 2. The molecular weight excluding hydrogens is 1120 g/mol. The van der Waals surface area contributed by atoms with E-state index in [2.05, 4.69) is 66.1 Å². The number of aromatic nitrogens is 4. The highest BCUT2D eigenvalue weighted by atomic mass is 32.2. The van der Waals surface area contributed by atoms with Crippen LogP contribution in [0, 0.1) is 0 Å². The number of nitrogens with two attached hydrogens (primary N) is 1. The lowest BCUT2D eigenvalue weighted by atomic mass is 9.81. The van der Waals surface area contributed by atoms with Gasteiger partial charge in [-0.25, -0.2) is 23.8 Å². The molecule has 7 atom stereocenters. The number of carbonyl (C=O) groups excluding carboxylic acids is 1. The van der Waals surface area contributed by atoms with E-state index in [4.69, 9.17) is 10.5 Å². The van der Waals surface area contributed by atoms with Crippen LogP contribution in [0.15, 0.2) is 81.2 Å². The van der Waals surface area contributed by atoms with E-state index in [0.717, 1.165) is 51.3 Å². The number of nitrogens with zero attached hydrogens (tertiary/aromatic N) is 5. The molecule has 11 N–H and O–H groups in total. The summed E-state index contributed by atoms with van der Waals surface area (Å²) in [6, 6.07) is 10.2. The number of ether oxygens (including phenoxy) is 1. The number of phosphoric ester groups is 1. The lowest BCUT2D eigenvalue weighted by Gasteiger charge is -2.25. The van der Waals surface area contributed by atoms with Crippen molar-refractivity contribution in [3.05, 3.63) is 88.1 Å². The smallest absolute Gasteiger partial charge is 0.489 e. The highest BCUT2D eigenvalue weighted by Crippen LogP contribution is 2.66. The second-order valence-electron chi connectivity index (χ2n) is 18.8. The molecule has 0 aliphatic carbocycles. The third-order valence-corrected chi connectivity index (χ3v) is 18.8. The number of hydrogen-bond acceptors (Lipinski definition) is 21. The molecule has 7 unspecified atom stereocenters. The number of fused-ring (bicyclic) bond motifs is 3. The number of H-pyrrole nitrogens is 1. The molecule has 0 radical (unpaired) electrons. The van der Waals surface area contributed by atoms with Gasteiger partial charge in [-0.2, -0.15) is 30.9 Å². The van der Waals surface area contributed by atoms with E-state index in [1.807, 2.05) is 62.3 Å². The summed E-state index contributed by atoms with van der Waals surface area (Å²) in [6.07, 6.45) is 1.97. The number of aliphatic hydroxyl groups excluding tert-OH is 2. The third kappa shape index (κ3) is 13.7. The Hall–Kier alpha value is -4.56. The van der Waals surface area contributed by atoms with Crippen molar-refractivity contribution < 1.29 is 93.4 Å². The summed E-state index contributed by atoms with van der Waals surface area (Å²) >= 11 is 0.809. The number of phosphoric acid groups is 2. The van der Waals surface area contributed by atoms with Crippen LogP contribution in [0.2, 0.25) is 0 Å². The summed E-state index contributed by atoms with van der Waals surface area (Å²) in [5, 5.41) is 39.6. The van der Waals surface area contributed by atoms with Crippen LogP contribution >= 0.6 is 35.4 Å². The van der Waals surface area contributed by atoms with Crippen molar-refractivity contribution in [2.24, 2.45) is 0 Å². The van der Waals surface area contributed by atoms with Crippen molar-refractivity contribution in [2.75, 3.05) is 43.4 Å². The molecule has 1 amide bonds. The monoisotopic (exact) mass is 1180 g/mol. The maximum atomic E-state index is 12.7. The Morgan fingerprint density at radius 2 is 1.75 bits per heavy atom. The molecular formula is C43H58N9O20P3S2. The molecule has 1 saturated heterocycles. The second-order valence-corrected chi connectivity index (χ2v) is 25.8. The minimum atomic E-state index is -5.86. The largest absolute Gasteiger partial charge is 0.691 e. The van der Waals surface area contributed by atoms with E-state index in [-0.39, 0.29) is 35.0 Å². The number of anilines is 2. The van der Waals surface area contributed by atoms with Crippen molar-refractivity contribution in [2.45, 2.75) is 105 Å². The second kappa shape index (κ2) is 23.6. The fraction of sp³-hybridized carbons (Fsp3) is 0.465. The first-order chi connectivity index (χ1) is 36.0. The van der Waals surface area contributed by atoms with Gasteiger partial charge in [0.15, 0.2) is 23.1 Å². The van der Waals surface area contributed by atoms with Gasteiger partial charge in [0.1, 0.15) is 24.9 Å². The number of imidazole rings is 1. The highest BCUT2D eigenvalue weighted by Gasteiger charge is 2.48. The molecule has 0 spiro atoms. The fourth-order valence-corrected chi connectivity index (χ4v) is 13.9. The number of amides is 1. The average molecular weight is 1180 g/mol. The maximum absolute atomic E-state index is 12.7. The molecule has 2 aromatic carbocycles. The number of nitrogens with one attached hydrogen (secondary N) is 3. The van der Waals surface area contributed by atoms with Crippen molar-refractivity contribution >= 4 is 85.7 Å². The van der Waals surface area contributed by atoms with Gasteiger partial charge in [0.25, 0.3) is 15.7 Å². The van der Waals surface area contributed by atoms with Crippen LogP contribution < -0.4 is 31.9 Å². The van der Waals surface area contributed by atoms with Crippen LogP contribution in [0.3, 0.4) is 0 Å². The van der Waals surface area contributed by atoms with E-state index in [1.165, 1.54) is 12.1 Å². The predicted octanol–water partition coefficient (Wildman–Crippen LogP) is 2.75. The number of allylic oxidation sites excluding steroid dienone is 4. The normalized spacial score (nSPS) is 22.9. The van der Waals surface area contributed by atoms with Gasteiger partial charge in [0.2, 0.25) is 17.5 Å². The van der Waals surface area contributed by atoms with Gasteiger partial charge in [0.05, 0.1) is 35.3 Å². The molecule has 3 aliphatic heterocycles. The quantitative estimate of drug-likeness (QED) is 0.00867. The highest BCUT2D eigenvalue weighted by molar-refractivity contribution is 7.94. The van der Waals surface area contributed by atoms with Crippen LogP contribution in [0.25, 0.3) is 11.2 Å². The molecule has 5 heterocycles. The molecule has 7 rings (SSSR count). The zero-order chi connectivity index (χ0) is 56.5. The van der Waals surface area contributed by atoms with E-state index in [1.54, 1.807) is 6.07 Å². The third-order valence-electron chi connectivity index (χ3n) is 12.9. The molecule has 3 aliphatic rings. The molecule has 34 heteroatoms. The van der Waals surface area contributed by atoms with Gasteiger partial charge in [0, 0.05) is 71.9 Å². The number of carbonyl (C=O) groups is 1. The van der Waals surface area contributed by atoms with Gasteiger partial charge < -0.3 is 50.8 Å². The molecule has 0 bridgehead atoms. The molecule has 1 fully saturated rings. The molecule has 29 nitrogen and oxygen atoms in total. The predicted molar refractivity (Wildman–Crippen MR) is 272 cm³/mol. The van der Waals surface area contributed by atoms with Crippen molar-refractivity contribution in [3.8, 4) is 0 Å². The number of hydrogen-bond donors (Lipinski definition) is 10. The van der Waals surface area contributed by atoms with Crippen LogP contribution in [0.4, 0.5) is 17.3 Å². The number of likely N-dealkylation sites (N-methyl/N-ethyl adjacent to an activating group) is 1. The van der Waals surface area contributed by atoms with Crippen LogP contribution in [-0.4, -0.2) is 125 Å². The number of nitrogen functional groups attached to an aromatic ring is 1. The lowest BCUT2D eigenvalue weighted by molar-refractivity contribution is -0.777. The molecule has 422 valence electrons. The van der Waals surface area contributed by atoms with Gasteiger partial charge in [-0.15, -0.1) is 0 Å². The SMILES string of the molecule is CCN1/C(=C/C=C/C2=[N+](CCCCCC(=O)NCCNP(=O)(O)OP(=O)(O)OP(=O)(O)OCC3OC(n4cnc5c(=O)[nH]c(N)nc54)C(O)C3O)c3ccc(S(=O)(=O)O)cc3C2(C)C)C(C)(C)c2cc(SOO[O-])ccc21. The Morgan fingerprint density at radius 3 is 2.45 bits per heavy atom. The maximum Gasteiger partial charge on any atom is 0.489 e. The number of benzene rings is 2. The summed E-state index contributed by atoms with van der Waals surface area (Å²) in [5.41, 5.74) is 8.64. The van der Waals surface area contributed by atoms with E-state index < -0.39 is 93.5 Å². The summed E-state index contributed by atoms with van der Waals surface area (Å²) < 4.78 is 98.2. The molecule has 77 heavy (non-hydrogen) atoms. The Balaban J connectivity index is 0.887. The van der Waals surface area contributed by atoms with E-state index in [0.29, 0.717) is 42.8 Å². The van der Waals surface area contributed by atoms with Crippen molar-refractivity contribution in [1.82, 2.24) is 29.9 Å². The average Bonchev–Trinajstić information content (AvgIpc) is 4.01. The van der Waals surface area contributed by atoms with Gasteiger partial charge in [-0.05, 0) is 75.6 Å². The first kappa shape index (κ1) is 60.1. The standard InChI is InChI=1S/C43H58N9O20P3S2/c1-6-50-29-16-14-25(76-70-69-57)21-27(29)42(2,3)32(50)11-10-12-33-43(4,5)28-22-26(77(64,65)66)15-17-30(28)51(33)20-9-7-8-13-34(53)45-18-19-47-73(58,59)71-75(62,63)72-74(60,61)67-23-31-36(54)37(55)40(68-31)52-24-46-35-38(52)48-41(44)49-39(35)56/h10-12,14-17,21-22,24,31,36-37,40,54-55H,6-9,13,18-20,23H2,1-5H3,(H9-,44,45,47,48,49,53,56,57,58,59,60,61,62,63,64,65,66). The minimum Gasteiger partial charge on any atom is -0.691 e. The van der Waals surface area contributed by atoms with Gasteiger partial charge in [-0.1, -0.05) is 19.9 Å². The minimum absolute atomic E-state index is 0.0464. The van der Waals surface area contributed by atoms with Crippen molar-refractivity contribution in [1.29, 1.82) is 0 Å². The Morgan fingerprint density at radius 1 is 1.01 bits per heavy atom. The van der Waals surface area contributed by atoms with Crippen LogP contribution in [-0.2, 0) is 66.7 Å². The Labute approximate surface area is 444 Å². The van der Waals surface area contributed by atoms with E-state index >= 15 is 0 Å². The van der Waals surface area contributed by atoms with Gasteiger partial charge >= 0.3 is 23.4 Å². The van der Waals surface area contributed by atoms with Gasteiger partial charge in [-0.3, -0.25) is 33.3 Å². The molecule has 2 aromatic heterocycles. The van der Waals surface area contributed by atoms with Crippen LogP contribution in [0.1, 0.15) is 77.7 Å². The fourth-order valence-electron chi connectivity index (χ4n) is 9.34. The Kier molecular flexibility index (Phi) is 18.5. The summed E-state index contributed by atoms with van der Waals surface area (Å²) in [7, 11) is -21.3. The topological polar surface area (TPSA) is 422 Å². The first-order valence-electron chi connectivity index (χ1n) is 23.5. The summed E-state index contributed by atoms with van der Waals surface area (Å²) in [4.78, 5) is 67.9. The first-order valence-corrected chi connectivity index (χ1v) is 30.3. The molecule has 4 aromatic rings. The summed E-state index contributed by atoms with van der Waals surface area (Å²) in [5.74, 6) is -0.738. The zero-order valence-corrected chi connectivity index (χ0v) is 46.1. The van der Waals surface area contributed by atoms with E-state index in [9.17, 15) is 66.4 Å². The molecule has 0 saturated carbocycles. The van der Waals surface area contributed by atoms with Crippen LogP contribution in [0.5, 0.6) is 0 Å². The lowest BCUT2D eigenvalue weighted by Crippen LogP contribution is -2.33. The van der Waals surface area contributed by atoms with Crippen molar-refractivity contribution in [3.63, 3.8) is 0 Å². The zero-order valence-electron chi connectivity index (χ0n) is 41.8. The summed E-state index contributed by atoms with van der Waals surface area (Å²) in [6.45, 7) is 9.43. The number of aromatic amines is 1. The number of aliphatic hydroxyl groups is 2.